The van der Waals surface area contributed by atoms with Crippen LogP contribution in [0.15, 0.2) is 29.2 Å². The molecule has 0 saturated carbocycles. The average molecular weight is 237 g/mol. The molecule has 0 aliphatic heterocycles. The number of thioether (sulfide) groups is 1. The first kappa shape index (κ1) is 13.6. The van der Waals surface area contributed by atoms with Crippen LogP contribution in [0.25, 0.3) is 0 Å². The first-order valence-electron chi connectivity index (χ1n) is 5.99. The van der Waals surface area contributed by atoms with Crippen LogP contribution in [-0.2, 0) is 6.42 Å². The van der Waals surface area contributed by atoms with Crippen LogP contribution in [0.1, 0.15) is 32.8 Å². The Morgan fingerprint density at radius 2 is 1.81 bits per heavy atom. The second kappa shape index (κ2) is 6.31. The summed E-state index contributed by atoms with van der Waals surface area (Å²) in [6, 6.07) is 8.92. The highest BCUT2D eigenvalue weighted by Crippen LogP contribution is 2.23. The fourth-order valence-corrected chi connectivity index (χ4v) is 2.17. The fourth-order valence-electron chi connectivity index (χ4n) is 1.50. The zero-order valence-electron chi connectivity index (χ0n) is 10.6. The third-order valence-electron chi connectivity index (χ3n) is 2.88. The van der Waals surface area contributed by atoms with E-state index in [4.69, 9.17) is 5.73 Å². The second-order valence-electron chi connectivity index (χ2n) is 4.95. The van der Waals surface area contributed by atoms with Gasteiger partial charge in [0, 0.05) is 4.90 Å². The smallest absolute Gasteiger partial charge is 0.00720 e. The van der Waals surface area contributed by atoms with Crippen molar-refractivity contribution in [1.29, 1.82) is 0 Å². The standard InChI is InChI=1S/C14H23NS/c1-4-16-13-7-5-12(6-8-13)9-10-14(2,3)11-15/h5-8H,4,9-11,15H2,1-3H3. The van der Waals surface area contributed by atoms with E-state index in [0.29, 0.717) is 0 Å². The molecule has 1 aromatic rings. The molecule has 1 rings (SSSR count). The van der Waals surface area contributed by atoms with Gasteiger partial charge in [-0.1, -0.05) is 32.9 Å². The van der Waals surface area contributed by atoms with Gasteiger partial charge in [0.2, 0.25) is 0 Å². The van der Waals surface area contributed by atoms with Crippen LogP contribution in [0.2, 0.25) is 0 Å². The Morgan fingerprint density at radius 3 is 2.31 bits per heavy atom. The van der Waals surface area contributed by atoms with E-state index in [0.717, 1.165) is 25.1 Å². The van der Waals surface area contributed by atoms with Gasteiger partial charge in [-0.3, -0.25) is 0 Å². The number of hydrogen-bond donors (Lipinski definition) is 1. The molecule has 0 aromatic heterocycles. The Balaban J connectivity index is 2.49. The maximum absolute atomic E-state index is 5.73. The van der Waals surface area contributed by atoms with E-state index < -0.39 is 0 Å². The van der Waals surface area contributed by atoms with Crippen molar-refractivity contribution >= 4 is 11.8 Å². The Hall–Kier alpha value is -0.470. The predicted octanol–water partition coefficient (Wildman–Crippen LogP) is 3.72. The van der Waals surface area contributed by atoms with Gasteiger partial charge in [0.25, 0.3) is 0 Å². The summed E-state index contributed by atoms with van der Waals surface area (Å²) in [5.74, 6) is 1.14. The van der Waals surface area contributed by atoms with Crippen molar-refractivity contribution < 1.29 is 0 Å². The van der Waals surface area contributed by atoms with E-state index in [2.05, 4.69) is 45.0 Å². The third-order valence-corrected chi connectivity index (χ3v) is 3.77. The van der Waals surface area contributed by atoms with Crippen molar-refractivity contribution in [3.8, 4) is 0 Å². The summed E-state index contributed by atoms with van der Waals surface area (Å²) in [6.07, 6.45) is 2.28. The Labute approximate surface area is 104 Å². The van der Waals surface area contributed by atoms with Crippen LogP contribution in [0.3, 0.4) is 0 Å². The van der Waals surface area contributed by atoms with Crippen molar-refractivity contribution in [3.63, 3.8) is 0 Å². The lowest BCUT2D eigenvalue weighted by molar-refractivity contribution is 0.348. The van der Waals surface area contributed by atoms with Gasteiger partial charge in [-0.2, -0.15) is 0 Å². The SMILES string of the molecule is CCSc1ccc(CCC(C)(C)CN)cc1. The van der Waals surface area contributed by atoms with Crippen molar-refractivity contribution in [2.45, 2.75) is 38.5 Å². The molecule has 0 saturated heterocycles. The van der Waals surface area contributed by atoms with Gasteiger partial charge >= 0.3 is 0 Å². The van der Waals surface area contributed by atoms with E-state index >= 15 is 0 Å². The van der Waals surface area contributed by atoms with Gasteiger partial charge < -0.3 is 5.73 Å². The topological polar surface area (TPSA) is 26.0 Å². The molecule has 0 aliphatic carbocycles. The van der Waals surface area contributed by atoms with Crippen LogP contribution >= 0.6 is 11.8 Å². The molecule has 0 radical (unpaired) electrons. The summed E-state index contributed by atoms with van der Waals surface area (Å²) < 4.78 is 0. The highest BCUT2D eigenvalue weighted by molar-refractivity contribution is 7.99. The molecule has 0 bridgehead atoms. The molecule has 90 valence electrons. The monoisotopic (exact) mass is 237 g/mol. The lowest BCUT2D eigenvalue weighted by atomic mass is 9.86. The lowest BCUT2D eigenvalue weighted by Gasteiger charge is -2.22. The van der Waals surface area contributed by atoms with Gasteiger partial charge in [-0.25, -0.2) is 0 Å². The maximum atomic E-state index is 5.73. The van der Waals surface area contributed by atoms with Gasteiger partial charge in [0.1, 0.15) is 0 Å². The number of benzene rings is 1. The molecule has 0 heterocycles. The number of aryl methyl sites for hydroxylation is 1. The van der Waals surface area contributed by atoms with Crippen molar-refractivity contribution in [2.75, 3.05) is 12.3 Å². The van der Waals surface area contributed by atoms with Crippen LogP contribution in [0, 0.1) is 5.41 Å². The first-order valence-corrected chi connectivity index (χ1v) is 6.98. The molecule has 0 amide bonds. The largest absolute Gasteiger partial charge is 0.330 e. The molecule has 2 N–H and O–H groups in total. The number of hydrogen-bond acceptors (Lipinski definition) is 2. The van der Waals surface area contributed by atoms with Crippen molar-refractivity contribution in [2.24, 2.45) is 11.1 Å². The molecular formula is C14H23NS. The Bertz CT molecular complexity index is 303. The van der Waals surface area contributed by atoms with Gasteiger partial charge in [-0.15, -0.1) is 11.8 Å². The highest BCUT2D eigenvalue weighted by atomic mass is 32.2. The molecule has 0 unspecified atom stereocenters. The van der Waals surface area contributed by atoms with Gasteiger partial charge in [0.05, 0.1) is 0 Å². The van der Waals surface area contributed by atoms with Crippen LogP contribution < -0.4 is 5.73 Å². The van der Waals surface area contributed by atoms with Crippen LogP contribution in [-0.4, -0.2) is 12.3 Å². The number of nitrogens with two attached hydrogens (primary N) is 1. The van der Waals surface area contributed by atoms with Gasteiger partial charge in [0.15, 0.2) is 0 Å². The van der Waals surface area contributed by atoms with Crippen molar-refractivity contribution in [1.82, 2.24) is 0 Å². The molecule has 0 fully saturated rings. The molecule has 1 nitrogen and oxygen atoms in total. The van der Waals surface area contributed by atoms with E-state index in [1.807, 2.05) is 11.8 Å². The fraction of sp³-hybridized carbons (Fsp3) is 0.571. The summed E-state index contributed by atoms with van der Waals surface area (Å²) >= 11 is 1.89. The zero-order valence-corrected chi connectivity index (χ0v) is 11.4. The summed E-state index contributed by atoms with van der Waals surface area (Å²) in [5.41, 5.74) is 7.41. The second-order valence-corrected chi connectivity index (χ2v) is 6.28. The number of rotatable bonds is 6. The minimum Gasteiger partial charge on any atom is -0.330 e. The van der Waals surface area contributed by atoms with E-state index in [-0.39, 0.29) is 5.41 Å². The lowest BCUT2D eigenvalue weighted by Crippen LogP contribution is -2.23. The van der Waals surface area contributed by atoms with Crippen LogP contribution in [0.4, 0.5) is 0 Å². The Morgan fingerprint density at radius 1 is 1.19 bits per heavy atom. The third kappa shape index (κ3) is 4.58. The predicted molar refractivity (Wildman–Crippen MR) is 74.0 cm³/mol. The zero-order chi connectivity index (χ0) is 12.0. The van der Waals surface area contributed by atoms with E-state index in [1.54, 1.807) is 0 Å². The highest BCUT2D eigenvalue weighted by Gasteiger charge is 2.14. The minimum atomic E-state index is 0.261. The molecule has 2 heteroatoms. The quantitative estimate of drug-likeness (QED) is 0.763. The Kier molecular flexibility index (Phi) is 5.36. The molecule has 0 atom stereocenters. The van der Waals surface area contributed by atoms with E-state index in [9.17, 15) is 0 Å². The summed E-state index contributed by atoms with van der Waals surface area (Å²) in [4.78, 5) is 1.37. The minimum absolute atomic E-state index is 0.261. The molecule has 16 heavy (non-hydrogen) atoms. The summed E-state index contributed by atoms with van der Waals surface area (Å²) in [7, 11) is 0. The first-order chi connectivity index (χ1) is 7.57. The molecule has 1 aromatic carbocycles. The average Bonchev–Trinajstić information content (AvgIpc) is 2.29. The molecule has 0 aliphatic rings. The molecular weight excluding hydrogens is 214 g/mol. The normalized spacial score (nSPS) is 11.8. The maximum Gasteiger partial charge on any atom is 0.00720 e. The summed E-state index contributed by atoms with van der Waals surface area (Å²) in [5, 5.41) is 0. The van der Waals surface area contributed by atoms with E-state index in [1.165, 1.54) is 10.5 Å². The molecule has 0 spiro atoms. The van der Waals surface area contributed by atoms with Crippen LogP contribution in [0.5, 0.6) is 0 Å². The summed E-state index contributed by atoms with van der Waals surface area (Å²) in [6.45, 7) is 7.40. The van der Waals surface area contributed by atoms with Crippen molar-refractivity contribution in [3.05, 3.63) is 29.8 Å². The van der Waals surface area contributed by atoms with Gasteiger partial charge in [-0.05, 0) is 48.3 Å².